The third-order valence-electron chi connectivity index (χ3n) is 3.66. The van der Waals surface area contributed by atoms with Gasteiger partial charge in [-0.05, 0) is 48.4 Å². The Kier molecular flexibility index (Phi) is 5.43. The first-order valence-electron chi connectivity index (χ1n) is 7.96. The second kappa shape index (κ2) is 7.93. The average molecular weight is 371 g/mol. The van der Waals surface area contributed by atoms with E-state index in [0.717, 1.165) is 16.8 Å². The topological polar surface area (TPSA) is 74.7 Å². The summed E-state index contributed by atoms with van der Waals surface area (Å²) in [7, 11) is 1.60. The van der Waals surface area contributed by atoms with Crippen LogP contribution in [0.2, 0.25) is 5.02 Å². The lowest BCUT2D eigenvalue weighted by Crippen LogP contribution is -1.99. The number of imidazole rings is 1. The normalized spacial score (nSPS) is 11.0. The number of ether oxygens (including phenoxy) is 2. The molecule has 1 aromatic heterocycles. The molecule has 0 bridgehead atoms. The second-order valence-electron chi connectivity index (χ2n) is 5.66. The number of methoxy groups -OCH3 is 1. The largest absolute Gasteiger partial charge is 0.493 e. The van der Waals surface area contributed by atoms with Crippen molar-refractivity contribution >= 4 is 23.8 Å². The molecule has 2 aromatic carbocycles. The SMILES string of the molecule is COc1ccc(C=Nn2cc(C)nc2N)cc1OCc1ccc(Cl)cc1. The molecule has 26 heavy (non-hydrogen) atoms. The highest BCUT2D eigenvalue weighted by Crippen LogP contribution is 2.28. The van der Waals surface area contributed by atoms with E-state index in [-0.39, 0.29) is 0 Å². The van der Waals surface area contributed by atoms with Crippen molar-refractivity contribution in [1.29, 1.82) is 0 Å². The lowest BCUT2D eigenvalue weighted by molar-refractivity contribution is 0.284. The zero-order valence-corrected chi connectivity index (χ0v) is 15.3. The summed E-state index contributed by atoms with van der Waals surface area (Å²) in [4.78, 5) is 4.11. The third kappa shape index (κ3) is 4.34. The fraction of sp³-hybridized carbons (Fsp3) is 0.158. The van der Waals surface area contributed by atoms with E-state index in [4.69, 9.17) is 26.8 Å². The van der Waals surface area contributed by atoms with Crippen molar-refractivity contribution in [3.05, 3.63) is 70.5 Å². The minimum Gasteiger partial charge on any atom is -0.493 e. The van der Waals surface area contributed by atoms with E-state index in [1.54, 1.807) is 19.5 Å². The summed E-state index contributed by atoms with van der Waals surface area (Å²) >= 11 is 5.90. The summed E-state index contributed by atoms with van der Waals surface area (Å²) < 4.78 is 12.8. The Morgan fingerprint density at radius 1 is 1.19 bits per heavy atom. The van der Waals surface area contributed by atoms with Crippen molar-refractivity contribution in [3.63, 3.8) is 0 Å². The summed E-state index contributed by atoms with van der Waals surface area (Å²) in [6.07, 6.45) is 3.44. The van der Waals surface area contributed by atoms with Crippen LogP contribution in [0.25, 0.3) is 0 Å². The quantitative estimate of drug-likeness (QED) is 0.668. The summed E-state index contributed by atoms with van der Waals surface area (Å²) in [6, 6.07) is 13.1. The summed E-state index contributed by atoms with van der Waals surface area (Å²) in [5.41, 5.74) is 8.46. The Bertz CT molecular complexity index is 920. The van der Waals surface area contributed by atoms with E-state index >= 15 is 0 Å². The number of benzene rings is 2. The van der Waals surface area contributed by atoms with E-state index in [2.05, 4.69) is 10.1 Å². The second-order valence-corrected chi connectivity index (χ2v) is 6.09. The van der Waals surface area contributed by atoms with Gasteiger partial charge < -0.3 is 15.2 Å². The van der Waals surface area contributed by atoms with Crippen LogP contribution in [0, 0.1) is 6.92 Å². The van der Waals surface area contributed by atoms with Crippen LogP contribution in [0.1, 0.15) is 16.8 Å². The lowest BCUT2D eigenvalue weighted by Gasteiger charge is -2.11. The van der Waals surface area contributed by atoms with Crippen molar-refractivity contribution in [1.82, 2.24) is 9.66 Å². The van der Waals surface area contributed by atoms with Gasteiger partial charge in [0.2, 0.25) is 5.95 Å². The molecule has 1 heterocycles. The van der Waals surface area contributed by atoms with E-state index < -0.39 is 0 Å². The standard InChI is InChI=1S/C19H19ClN4O2/c1-13-11-24(19(21)23-13)22-10-15-5-8-17(25-2)18(9-15)26-12-14-3-6-16(20)7-4-14/h3-11H,12H2,1-2H3,(H2,21,23). The number of nitrogens with two attached hydrogens (primary N) is 1. The van der Waals surface area contributed by atoms with Gasteiger partial charge in [-0.1, -0.05) is 23.7 Å². The predicted molar refractivity (Wildman–Crippen MR) is 103 cm³/mol. The zero-order valence-electron chi connectivity index (χ0n) is 14.5. The maximum Gasteiger partial charge on any atom is 0.221 e. The van der Waals surface area contributed by atoms with Crippen LogP contribution >= 0.6 is 11.6 Å². The van der Waals surface area contributed by atoms with Gasteiger partial charge in [0.25, 0.3) is 0 Å². The van der Waals surface area contributed by atoms with Crippen LogP contribution in [-0.2, 0) is 6.61 Å². The maximum absolute atomic E-state index is 5.90. The predicted octanol–water partition coefficient (Wildman–Crippen LogP) is 3.90. The van der Waals surface area contributed by atoms with Crippen molar-refractivity contribution in [3.8, 4) is 11.5 Å². The summed E-state index contributed by atoms with van der Waals surface area (Å²) in [6.45, 7) is 2.26. The molecule has 0 aliphatic heterocycles. The van der Waals surface area contributed by atoms with E-state index in [0.29, 0.717) is 29.1 Å². The van der Waals surface area contributed by atoms with Gasteiger partial charge in [-0.3, -0.25) is 0 Å². The number of hydrogen-bond acceptors (Lipinski definition) is 5. The van der Waals surface area contributed by atoms with Gasteiger partial charge in [-0.2, -0.15) is 5.10 Å². The molecule has 7 heteroatoms. The smallest absolute Gasteiger partial charge is 0.221 e. The third-order valence-corrected chi connectivity index (χ3v) is 3.91. The monoisotopic (exact) mass is 370 g/mol. The Hall–Kier alpha value is -2.99. The molecule has 3 rings (SSSR count). The van der Waals surface area contributed by atoms with Gasteiger partial charge in [0, 0.05) is 5.02 Å². The van der Waals surface area contributed by atoms with Crippen LogP contribution in [-0.4, -0.2) is 23.0 Å². The number of rotatable bonds is 6. The van der Waals surface area contributed by atoms with Crippen molar-refractivity contribution in [2.75, 3.05) is 12.8 Å². The van der Waals surface area contributed by atoms with Gasteiger partial charge in [0.1, 0.15) is 6.61 Å². The minimum absolute atomic E-state index is 0.339. The van der Waals surface area contributed by atoms with E-state index in [1.807, 2.05) is 49.4 Å². The molecule has 2 N–H and O–H groups in total. The van der Waals surface area contributed by atoms with Crippen LogP contribution in [0.5, 0.6) is 11.5 Å². The molecule has 0 unspecified atom stereocenters. The highest BCUT2D eigenvalue weighted by Gasteiger charge is 2.06. The zero-order chi connectivity index (χ0) is 18.5. The van der Waals surface area contributed by atoms with E-state index in [9.17, 15) is 0 Å². The molecule has 3 aromatic rings. The van der Waals surface area contributed by atoms with Crippen LogP contribution < -0.4 is 15.2 Å². The molecular weight excluding hydrogens is 352 g/mol. The molecule has 0 saturated carbocycles. The first kappa shape index (κ1) is 17.8. The molecular formula is C19H19ClN4O2. The van der Waals surface area contributed by atoms with Gasteiger partial charge in [-0.25, -0.2) is 9.66 Å². The highest BCUT2D eigenvalue weighted by molar-refractivity contribution is 6.30. The van der Waals surface area contributed by atoms with E-state index in [1.165, 1.54) is 4.68 Å². The first-order chi connectivity index (χ1) is 12.5. The fourth-order valence-corrected chi connectivity index (χ4v) is 2.48. The average Bonchev–Trinajstić information content (AvgIpc) is 2.97. The number of aryl methyl sites for hydroxylation is 1. The number of nitrogens with zero attached hydrogens (tertiary/aromatic N) is 3. The molecule has 0 radical (unpaired) electrons. The molecule has 0 fully saturated rings. The fourth-order valence-electron chi connectivity index (χ4n) is 2.35. The lowest BCUT2D eigenvalue weighted by atomic mass is 10.2. The molecule has 134 valence electrons. The van der Waals surface area contributed by atoms with Crippen LogP contribution in [0.3, 0.4) is 0 Å². The molecule has 6 nitrogen and oxygen atoms in total. The van der Waals surface area contributed by atoms with Crippen molar-refractivity contribution < 1.29 is 9.47 Å². The number of anilines is 1. The van der Waals surface area contributed by atoms with Crippen molar-refractivity contribution in [2.45, 2.75) is 13.5 Å². The van der Waals surface area contributed by atoms with Gasteiger partial charge in [-0.15, -0.1) is 0 Å². The molecule has 0 aliphatic rings. The summed E-state index contributed by atoms with van der Waals surface area (Å²) in [5.74, 6) is 1.61. The Morgan fingerprint density at radius 2 is 1.96 bits per heavy atom. The molecule has 0 aliphatic carbocycles. The number of aromatic nitrogens is 2. The van der Waals surface area contributed by atoms with Crippen LogP contribution in [0.15, 0.2) is 53.8 Å². The minimum atomic E-state index is 0.339. The number of halogens is 1. The Labute approximate surface area is 156 Å². The summed E-state index contributed by atoms with van der Waals surface area (Å²) in [5, 5.41) is 5.01. The van der Waals surface area contributed by atoms with Gasteiger partial charge >= 0.3 is 0 Å². The van der Waals surface area contributed by atoms with Crippen molar-refractivity contribution in [2.24, 2.45) is 5.10 Å². The van der Waals surface area contributed by atoms with Gasteiger partial charge in [0.05, 0.1) is 25.2 Å². The highest BCUT2D eigenvalue weighted by atomic mass is 35.5. The first-order valence-corrected chi connectivity index (χ1v) is 8.34. The van der Waals surface area contributed by atoms with Gasteiger partial charge in [0.15, 0.2) is 11.5 Å². The Morgan fingerprint density at radius 3 is 2.62 bits per heavy atom. The number of nitrogen functional groups attached to an aromatic ring is 1. The number of hydrogen-bond donors (Lipinski definition) is 1. The molecule has 0 saturated heterocycles. The molecule has 0 spiro atoms. The molecule has 0 amide bonds. The Balaban J connectivity index is 1.77. The van der Waals surface area contributed by atoms with Crippen LogP contribution in [0.4, 0.5) is 5.95 Å². The molecule has 0 atom stereocenters. The maximum atomic E-state index is 5.90.